The van der Waals surface area contributed by atoms with Crippen molar-refractivity contribution in [2.75, 3.05) is 18.5 Å². The van der Waals surface area contributed by atoms with Gasteiger partial charge in [0.1, 0.15) is 11.8 Å². The Morgan fingerprint density at radius 3 is 3.22 bits per heavy atom. The molecule has 0 saturated carbocycles. The summed E-state index contributed by atoms with van der Waals surface area (Å²) in [5.74, 6) is 0.474. The van der Waals surface area contributed by atoms with E-state index in [0.29, 0.717) is 23.2 Å². The molecule has 7 heteroatoms. The third-order valence-corrected chi connectivity index (χ3v) is 4.44. The molecule has 1 fully saturated rings. The first-order valence-electron chi connectivity index (χ1n) is 7.76. The molecule has 0 spiro atoms. The smallest absolute Gasteiger partial charge is 0.254 e. The molecular weight excluding hydrogens is 316 g/mol. The van der Waals surface area contributed by atoms with E-state index in [9.17, 15) is 4.79 Å². The van der Waals surface area contributed by atoms with Crippen LogP contribution in [0, 0.1) is 0 Å². The molecule has 124 valence electrons. The highest BCUT2D eigenvalue weighted by molar-refractivity contribution is 7.14. The van der Waals surface area contributed by atoms with Crippen molar-refractivity contribution in [1.29, 1.82) is 0 Å². The molecule has 2 aromatic heterocycles. The number of thiazole rings is 1. The summed E-state index contributed by atoms with van der Waals surface area (Å²) in [7, 11) is 0. The van der Waals surface area contributed by atoms with Crippen molar-refractivity contribution in [2.24, 2.45) is 0 Å². The lowest BCUT2D eigenvalue weighted by Crippen LogP contribution is -2.32. The molecule has 2 aromatic rings. The van der Waals surface area contributed by atoms with Crippen LogP contribution >= 0.6 is 11.3 Å². The standard InChI is InChI=1S/C16H20N2O4S/c1-11(22-9-12-5-2-3-7-20-12)15(19)18-16-17-13(10-23-16)14-6-4-8-21-14/h4,6,8,10-12H,2-3,5,7,9H2,1H3,(H,17,18,19). The van der Waals surface area contributed by atoms with Crippen molar-refractivity contribution < 1.29 is 18.7 Å². The number of hydrogen-bond acceptors (Lipinski definition) is 6. The highest BCUT2D eigenvalue weighted by Crippen LogP contribution is 2.25. The van der Waals surface area contributed by atoms with Crippen LogP contribution in [-0.2, 0) is 14.3 Å². The van der Waals surface area contributed by atoms with Gasteiger partial charge >= 0.3 is 0 Å². The van der Waals surface area contributed by atoms with Crippen LogP contribution in [0.4, 0.5) is 5.13 Å². The maximum Gasteiger partial charge on any atom is 0.254 e. The summed E-state index contributed by atoms with van der Waals surface area (Å²) in [6.07, 6.45) is 4.40. The fraction of sp³-hybridized carbons (Fsp3) is 0.500. The topological polar surface area (TPSA) is 73.6 Å². The maximum atomic E-state index is 12.1. The highest BCUT2D eigenvalue weighted by atomic mass is 32.1. The molecule has 0 radical (unpaired) electrons. The zero-order chi connectivity index (χ0) is 16.1. The van der Waals surface area contributed by atoms with Crippen molar-refractivity contribution in [3.63, 3.8) is 0 Å². The summed E-state index contributed by atoms with van der Waals surface area (Å²) < 4.78 is 16.5. The summed E-state index contributed by atoms with van der Waals surface area (Å²) in [6, 6.07) is 3.63. The van der Waals surface area contributed by atoms with Crippen LogP contribution in [-0.4, -0.2) is 36.3 Å². The normalized spacial score (nSPS) is 19.4. The quantitative estimate of drug-likeness (QED) is 0.876. The first-order valence-corrected chi connectivity index (χ1v) is 8.64. The van der Waals surface area contributed by atoms with E-state index >= 15 is 0 Å². The van der Waals surface area contributed by atoms with Crippen LogP contribution in [0.1, 0.15) is 26.2 Å². The van der Waals surface area contributed by atoms with Crippen molar-refractivity contribution >= 4 is 22.4 Å². The van der Waals surface area contributed by atoms with Crippen LogP contribution in [0.5, 0.6) is 0 Å². The zero-order valence-corrected chi connectivity index (χ0v) is 13.8. The van der Waals surface area contributed by atoms with Gasteiger partial charge in [-0.3, -0.25) is 10.1 Å². The van der Waals surface area contributed by atoms with Gasteiger partial charge in [-0.15, -0.1) is 11.3 Å². The molecule has 0 bridgehead atoms. The minimum absolute atomic E-state index is 0.101. The molecule has 3 heterocycles. The highest BCUT2D eigenvalue weighted by Gasteiger charge is 2.20. The number of ether oxygens (including phenoxy) is 2. The number of carbonyl (C=O) groups is 1. The fourth-order valence-corrected chi connectivity index (χ4v) is 3.04. The Balaban J connectivity index is 1.48. The Bertz CT molecular complexity index is 620. The molecule has 2 unspecified atom stereocenters. The van der Waals surface area contributed by atoms with Crippen LogP contribution in [0.15, 0.2) is 28.2 Å². The largest absolute Gasteiger partial charge is 0.463 e. The third-order valence-electron chi connectivity index (χ3n) is 3.68. The number of nitrogens with zero attached hydrogens (tertiary/aromatic N) is 1. The van der Waals surface area contributed by atoms with Gasteiger partial charge in [-0.2, -0.15) is 0 Å². The molecule has 1 amide bonds. The van der Waals surface area contributed by atoms with Crippen LogP contribution in [0.2, 0.25) is 0 Å². The van der Waals surface area contributed by atoms with Crippen LogP contribution in [0.25, 0.3) is 11.5 Å². The molecular formula is C16H20N2O4S. The van der Waals surface area contributed by atoms with Crippen LogP contribution in [0.3, 0.4) is 0 Å². The summed E-state index contributed by atoms with van der Waals surface area (Å²) in [5.41, 5.74) is 0.708. The van der Waals surface area contributed by atoms with E-state index in [1.54, 1.807) is 19.3 Å². The number of hydrogen-bond donors (Lipinski definition) is 1. The predicted octanol–water partition coefficient (Wildman–Crippen LogP) is 3.32. The van der Waals surface area contributed by atoms with E-state index in [1.807, 2.05) is 11.4 Å². The second kappa shape index (κ2) is 7.72. The van der Waals surface area contributed by atoms with Gasteiger partial charge in [-0.25, -0.2) is 4.98 Å². The summed E-state index contributed by atoms with van der Waals surface area (Å²) in [4.78, 5) is 16.5. The number of amides is 1. The van der Waals surface area contributed by atoms with Crippen molar-refractivity contribution in [1.82, 2.24) is 4.98 Å². The fourth-order valence-electron chi connectivity index (χ4n) is 2.34. The molecule has 0 aliphatic carbocycles. The lowest BCUT2D eigenvalue weighted by molar-refractivity contribution is -0.130. The molecule has 1 saturated heterocycles. The Morgan fingerprint density at radius 2 is 2.48 bits per heavy atom. The average Bonchev–Trinajstić information content (AvgIpc) is 3.24. The average molecular weight is 336 g/mol. The second-order valence-electron chi connectivity index (χ2n) is 5.47. The monoisotopic (exact) mass is 336 g/mol. The Labute approximate surface area is 138 Å². The maximum absolute atomic E-state index is 12.1. The number of furan rings is 1. The minimum Gasteiger partial charge on any atom is -0.463 e. The lowest BCUT2D eigenvalue weighted by atomic mass is 10.1. The molecule has 1 aliphatic rings. The van der Waals surface area contributed by atoms with E-state index in [-0.39, 0.29) is 12.0 Å². The predicted molar refractivity (Wildman–Crippen MR) is 87.5 cm³/mol. The molecule has 23 heavy (non-hydrogen) atoms. The van der Waals surface area contributed by atoms with Gasteiger partial charge in [-0.1, -0.05) is 0 Å². The molecule has 0 aromatic carbocycles. The van der Waals surface area contributed by atoms with E-state index in [1.165, 1.54) is 11.3 Å². The number of carbonyl (C=O) groups excluding carboxylic acids is 1. The van der Waals surface area contributed by atoms with Gasteiger partial charge in [0, 0.05) is 12.0 Å². The SMILES string of the molecule is CC(OCC1CCCCO1)C(=O)Nc1nc(-c2ccco2)cs1. The Morgan fingerprint density at radius 1 is 1.57 bits per heavy atom. The van der Waals surface area contributed by atoms with Crippen molar-refractivity contribution in [2.45, 2.75) is 38.4 Å². The summed E-state index contributed by atoms with van der Waals surface area (Å²) >= 11 is 1.36. The van der Waals surface area contributed by atoms with Gasteiger partial charge in [0.15, 0.2) is 10.9 Å². The van der Waals surface area contributed by atoms with Gasteiger partial charge in [-0.05, 0) is 38.3 Å². The van der Waals surface area contributed by atoms with Gasteiger partial charge < -0.3 is 13.9 Å². The zero-order valence-electron chi connectivity index (χ0n) is 13.0. The Hall–Kier alpha value is -1.70. The van der Waals surface area contributed by atoms with Gasteiger partial charge in [0.25, 0.3) is 5.91 Å². The van der Waals surface area contributed by atoms with E-state index < -0.39 is 6.10 Å². The van der Waals surface area contributed by atoms with E-state index in [2.05, 4.69) is 10.3 Å². The van der Waals surface area contributed by atoms with Gasteiger partial charge in [0.2, 0.25) is 0 Å². The third kappa shape index (κ3) is 4.40. The second-order valence-corrected chi connectivity index (χ2v) is 6.33. The number of aromatic nitrogens is 1. The summed E-state index contributed by atoms with van der Waals surface area (Å²) in [5, 5.41) is 5.15. The molecule has 1 N–H and O–H groups in total. The molecule has 2 atom stereocenters. The first-order chi connectivity index (χ1) is 11.2. The van der Waals surface area contributed by atoms with E-state index in [4.69, 9.17) is 13.9 Å². The summed E-state index contributed by atoms with van der Waals surface area (Å²) in [6.45, 7) is 2.96. The lowest BCUT2D eigenvalue weighted by Gasteiger charge is -2.23. The van der Waals surface area contributed by atoms with Crippen molar-refractivity contribution in [3.8, 4) is 11.5 Å². The van der Waals surface area contributed by atoms with Gasteiger partial charge in [0.05, 0.1) is 19.0 Å². The Kier molecular flexibility index (Phi) is 5.43. The molecule has 3 rings (SSSR count). The number of anilines is 1. The minimum atomic E-state index is -0.545. The number of rotatable bonds is 6. The van der Waals surface area contributed by atoms with Crippen LogP contribution < -0.4 is 5.32 Å². The van der Waals surface area contributed by atoms with E-state index in [0.717, 1.165) is 25.9 Å². The van der Waals surface area contributed by atoms with Crippen molar-refractivity contribution in [3.05, 3.63) is 23.8 Å². The first kappa shape index (κ1) is 16.2. The molecule has 6 nitrogen and oxygen atoms in total. The molecule has 1 aliphatic heterocycles. The number of nitrogens with one attached hydrogen (secondary N) is 1.